The molecule has 2 N–H and O–H groups in total. The van der Waals surface area contributed by atoms with Crippen LogP contribution in [0.1, 0.15) is 36.0 Å². The van der Waals surface area contributed by atoms with Gasteiger partial charge in [-0.25, -0.2) is 9.97 Å². The summed E-state index contributed by atoms with van der Waals surface area (Å²) in [5.74, 6) is 2.01. The molecule has 4 aliphatic rings. The highest BCUT2D eigenvalue weighted by molar-refractivity contribution is 5.93. The van der Waals surface area contributed by atoms with E-state index in [-0.39, 0.29) is 30.7 Å². The fraction of sp³-hybridized carbons (Fsp3) is 0.762. The van der Waals surface area contributed by atoms with Crippen molar-refractivity contribution in [2.45, 2.75) is 37.8 Å². The number of ether oxygens (including phenoxy) is 1. The summed E-state index contributed by atoms with van der Waals surface area (Å²) in [6.07, 6.45) is 8.52. The first-order valence-corrected chi connectivity index (χ1v) is 11.2. The van der Waals surface area contributed by atoms with Crippen LogP contribution in [0.2, 0.25) is 0 Å². The van der Waals surface area contributed by atoms with Gasteiger partial charge in [-0.15, -0.1) is 24.8 Å². The fourth-order valence-electron chi connectivity index (χ4n) is 5.71. The minimum atomic E-state index is -0.0713. The van der Waals surface area contributed by atoms with Crippen LogP contribution in [-0.4, -0.2) is 85.3 Å². The van der Waals surface area contributed by atoms with E-state index in [4.69, 9.17) is 4.74 Å². The number of aromatic nitrogens is 2. The fourth-order valence-corrected chi connectivity index (χ4v) is 5.71. The van der Waals surface area contributed by atoms with Crippen LogP contribution in [0.3, 0.4) is 0 Å². The maximum absolute atomic E-state index is 12.7. The monoisotopic (exact) mass is 472 g/mol. The number of rotatable bonds is 4. The number of carbonyl (C=O) groups is 1. The Labute approximate surface area is 196 Å². The van der Waals surface area contributed by atoms with Gasteiger partial charge in [0, 0.05) is 44.1 Å². The molecule has 8 nitrogen and oxygen atoms in total. The number of nitrogens with one attached hydrogen (secondary N) is 2. The van der Waals surface area contributed by atoms with Gasteiger partial charge in [-0.1, -0.05) is 6.42 Å². The van der Waals surface area contributed by atoms with Gasteiger partial charge in [0.05, 0.1) is 18.8 Å². The van der Waals surface area contributed by atoms with Gasteiger partial charge in [0.2, 0.25) is 5.95 Å². The second kappa shape index (κ2) is 11.1. The number of nitrogens with zero attached hydrogens (tertiary/aromatic N) is 4. The average Bonchev–Trinajstić information content (AvgIpc) is 2.80. The van der Waals surface area contributed by atoms with Gasteiger partial charge in [-0.05, 0) is 50.7 Å². The molecule has 2 bridgehead atoms. The standard InChI is InChI=1S/C21H32N6O2.2ClH/c28-20(17-12-24-21(25-13-17)26-5-7-29-8-6-26)23-14-19-16-9-15(10-22-11-16)18-3-1-2-4-27(18)19;;/h12-13,15-16,18-19,22H,1-11,14H2,(H,23,28);2*1H/t15-,16+,18+,19+;;/m1../s1. The van der Waals surface area contributed by atoms with E-state index < -0.39 is 0 Å². The van der Waals surface area contributed by atoms with Gasteiger partial charge >= 0.3 is 0 Å². The largest absolute Gasteiger partial charge is 0.378 e. The number of amides is 1. The first kappa shape index (κ1) is 24.5. The summed E-state index contributed by atoms with van der Waals surface area (Å²) < 4.78 is 5.37. The molecule has 0 saturated carbocycles. The van der Waals surface area contributed by atoms with Gasteiger partial charge in [0.1, 0.15) is 0 Å². The van der Waals surface area contributed by atoms with E-state index in [0.29, 0.717) is 49.3 Å². The lowest BCUT2D eigenvalue weighted by Crippen LogP contribution is -2.65. The number of hydrogen-bond donors (Lipinski definition) is 2. The van der Waals surface area contributed by atoms with Crippen LogP contribution in [0.4, 0.5) is 5.95 Å². The quantitative estimate of drug-likeness (QED) is 0.683. The highest BCUT2D eigenvalue weighted by Crippen LogP contribution is 2.38. The number of morpholine rings is 1. The number of halogens is 2. The molecule has 1 aromatic rings. The highest BCUT2D eigenvalue weighted by atomic mass is 35.5. The summed E-state index contributed by atoms with van der Waals surface area (Å²) in [4.78, 5) is 26.4. The van der Waals surface area contributed by atoms with Crippen molar-refractivity contribution in [2.24, 2.45) is 11.8 Å². The third-order valence-electron chi connectivity index (χ3n) is 7.19. The zero-order chi connectivity index (χ0) is 19.6. The van der Waals surface area contributed by atoms with E-state index in [2.05, 4.69) is 30.4 Å². The molecule has 4 fully saturated rings. The summed E-state index contributed by atoms with van der Waals surface area (Å²) in [7, 11) is 0. The minimum Gasteiger partial charge on any atom is -0.378 e. The third kappa shape index (κ3) is 5.25. The summed E-state index contributed by atoms with van der Waals surface area (Å²) >= 11 is 0. The SMILES string of the molecule is Cl.Cl.O=C(NC[C@H]1[C@@H]2CNC[C@@H](C2)[C@@H]2CCCCN21)c1cnc(N2CCOCC2)nc1. The van der Waals surface area contributed by atoms with Crippen molar-refractivity contribution < 1.29 is 9.53 Å². The number of fused-ring (bicyclic) bond motifs is 4. The summed E-state index contributed by atoms with van der Waals surface area (Å²) in [5, 5.41) is 6.82. The molecular formula is C21H34Cl2N6O2. The van der Waals surface area contributed by atoms with Crippen molar-refractivity contribution >= 4 is 36.7 Å². The molecule has 0 unspecified atom stereocenters. The van der Waals surface area contributed by atoms with Crippen LogP contribution in [-0.2, 0) is 4.74 Å². The molecule has 1 amide bonds. The number of carbonyl (C=O) groups excluding carboxylic acids is 1. The predicted molar refractivity (Wildman–Crippen MR) is 124 cm³/mol. The molecule has 31 heavy (non-hydrogen) atoms. The van der Waals surface area contributed by atoms with Gasteiger partial charge in [-0.3, -0.25) is 9.69 Å². The van der Waals surface area contributed by atoms with Crippen molar-refractivity contribution in [3.63, 3.8) is 0 Å². The molecule has 0 spiro atoms. The van der Waals surface area contributed by atoms with Crippen LogP contribution in [0.15, 0.2) is 12.4 Å². The molecule has 0 radical (unpaired) electrons. The molecule has 5 rings (SSSR count). The summed E-state index contributed by atoms with van der Waals surface area (Å²) in [6, 6.07) is 1.12. The maximum Gasteiger partial charge on any atom is 0.254 e. The average molecular weight is 473 g/mol. The second-order valence-corrected chi connectivity index (χ2v) is 8.86. The van der Waals surface area contributed by atoms with E-state index in [1.54, 1.807) is 12.4 Å². The van der Waals surface area contributed by atoms with Crippen LogP contribution in [0.5, 0.6) is 0 Å². The molecule has 10 heteroatoms. The highest BCUT2D eigenvalue weighted by Gasteiger charge is 2.45. The number of piperidine rings is 3. The Kier molecular flexibility index (Phi) is 8.75. The lowest BCUT2D eigenvalue weighted by atomic mass is 9.73. The molecule has 4 atom stereocenters. The Morgan fingerprint density at radius 2 is 1.84 bits per heavy atom. The topological polar surface area (TPSA) is 82.6 Å². The van der Waals surface area contributed by atoms with E-state index in [1.807, 2.05) is 0 Å². The molecule has 174 valence electrons. The molecule has 4 saturated heterocycles. The van der Waals surface area contributed by atoms with Gasteiger partial charge in [0.25, 0.3) is 5.91 Å². The zero-order valence-electron chi connectivity index (χ0n) is 17.9. The molecular weight excluding hydrogens is 439 g/mol. The number of anilines is 1. The second-order valence-electron chi connectivity index (χ2n) is 8.86. The lowest BCUT2D eigenvalue weighted by Gasteiger charge is -2.55. The van der Waals surface area contributed by atoms with Crippen molar-refractivity contribution in [3.05, 3.63) is 18.0 Å². The van der Waals surface area contributed by atoms with Crippen molar-refractivity contribution in [2.75, 3.05) is 57.4 Å². The number of hydrogen-bond acceptors (Lipinski definition) is 7. The lowest BCUT2D eigenvalue weighted by molar-refractivity contribution is -0.0371. The Morgan fingerprint density at radius 3 is 2.61 bits per heavy atom. The van der Waals surface area contributed by atoms with Crippen LogP contribution in [0.25, 0.3) is 0 Å². The Morgan fingerprint density at radius 1 is 1.10 bits per heavy atom. The zero-order valence-corrected chi connectivity index (χ0v) is 19.5. The van der Waals surface area contributed by atoms with Crippen molar-refractivity contribution in [1.29, 1.82) is 0 Å². The summed E-state index contributed by atoms with van der Waals surface area (Å²) in [5.41, 5.74) is 0.535. The van der Waals surface area contributed by atoms with Crippen LogP contribution >= 0.6 is 24.8 Å². The van der Waals surface area contributed by atoms with Gasteiger partial charge in [0.15, 0.2) is 0 Å². The molecule has 5 heterocycles. The molecule has 0 aromatic carbocycles. The summed E-state index contributed by atoms with van der Waals surface area (Å²) in [6.45, 7) is 7.08. The predicted octanol–water partition coefficient (Wildman–Crippen LogP) is 1.35. The smallest absolute Gasteiger partial charge is 0.254 e. The van der Waals surface area contributed by atoms with E-state index in [1.165, 1.54) is 32.2 Å². The minimum absolute atomic E-state index is 0. The van der Waals surface area contributed by atoms with E-state index >= 15 is 0 Å². The Hall–Kier alpha value is -1.19. The molecule has 1 aromatic heterocycles. The van der Waals surface area contributed by atoms with Crippen LogP contribution in [0, 0.1) is 11.8 Å². The first-order valence-electron chi connectivity index (χ1n) is 11.2. The van der Waals surface area contributed by atoms with Crippen LogP contribution < -0.4 is 15.5 Å². The van der Waals surface area contributed by atoms with Crippen molar-refractivity contribution in [1.82, 2.24) is 25.5 Å². The van der Waals surface area contributed by atoms with E-state index in [9.17, 15) is 4.79 Å². The van der Waals surface area contributed by atoms with Gasteiger partial charge in [-0.2, -0.15) is 0 Å². The van der Waals surface area contributed by atoms with Gasteiger partial charge < -0.3 is 20.3 Å². The van der Waals surface area contributed by atoms with E-state index in [0.717, 1.165) is 32.1 Å². The molecule has 0 aliphatic carbocycles. The molecule has 4 aliphatic heterocycles. The Balaban J connectivity index is 0.00000136. The third-order valence-corrected chi connectivity index (χ3v) is 7.19. The van der Waals surface area contributed by atoms with Crippen molar-refractivity contribution in [3.8, 4) is 0 Å². The normalized spacial score (nSPS) is 30.4. The maximum atomic E-state index is 12.7. The first-order chi connectivity index (χ1) is 14.3. The Bertz CT molecular complexity index is 718.